The van der Waals surface area contributed by atoms with Gasteiger partial charge in [-0.25, -0.2) is 17.6 Å². The Kier molecular flexibility index (Phi) is 6.53. The summed E-state index contributed by atoms with van der Waals surface area (Å²) in [6.45, 7) is 1.96. The van der Waals surface area contributed by atoms with Gasteiger partial charge >= 0.3 is 6.18 Å². The van der Waals surface area contributed by atoms with Gasteiger partial charge in [0.15, 0.2) is 0 Å². The lowest BCUT2D eigenvalue weighted by atomic mass is 9.97. The fourth-order valence-corrected chi connectivity index (χ4v) is 3.23. The van der Waals surface area contributed by atoms with Gasteiger partial charge in [0.1, 0.15) is 23.3 Å². The minimum absolute atomic E-state index is 0.170. The Morgan fingerprint density at radius 1 is 0.710 bits per heavy atom. The average Bonchev–Trinajstić information content (AvgIpc) is 2.66. The summed E-state index contributed by atoms with van der Waals surface area (Å²) in [4.78, 5) is 0. The molecule has 3 aromatic rings. The third kappa shape index (κ3) is 5.34. The van der Waals surface area contributed by atoms with Crippen molar-refractivity contribution in [1.29, 1.82) is 0 Å². The number of halogens is 7. The van der Waals surface area contributed by atoms with Gasteiger partial charge in [0.25, 0.3) is 0 Å². The third-order valence-electron chi connectivity index (χ3n) is 4.68. The molecule has 0 saturated carbocycles. The van der Waals surface area contributed by atoms with Gasteiger partial charge in [0.2, 0.25) is 0 Å². The van der Waals surface area contributed by atoms with E-state index >= 15 is 0 Å². The van der Waals surface area contributed by atoms with E-state index in [4.69, 9.17) is 0 Å². The van der Waals surface area contributed by atoms with Crippen LogP contribution in [0.25, 0.3) is 28.3 Å². The van der Waals surface area contributed by atoms with Crippen molar-refractivity contribution >= 4 is 6.08 Å². The first-order valence-corrected chi connectivity index (χ1v) is 9.42. The highest BCUT2D eigenvalue weighted by Crippen LogP contribution is 2.32. The van der Waals surface area contributed by atoms with E-state index in [-0.39, 0.29) is 34.4 Å². The van der Waals surface area contributed by atoms with Crippen molar-refractivity contribution in [2.45, 2.75) is 25.9 Å². The van der Waals surface area contributed by atoms with Gasteiger partial charge in [-0.05, 0) is 53.5 Å². The van der Waals surface area contributed by atoms with Gasteiger partial charge in [-0.3, -0.25) is 0 Å². The zero-order valence-electron chi connectivity index (χ0n) is 16.3. The molecular formula is C24H17F7. The fraction of sp³-hybridized carbons (Fsp3) is 0.167. The molecule has 0 aliphatic rings. The molecule has 0 radical (unpaired) electrons. The molecule has 0 amide bonds. The SMILES string of the molecule is CCCc1ccc(-c2ccc(-c3cc(F)c(C=CC(F)(F)F)c(F)c3)c(F)c2)c(F)c1. The van der Waals surface area contributed by atoms with Crippen molar-refractivity contribution < 1.29 is 30.7 Å². The molecule has 0 atom stereocenters. The first-order valence-electron chi connectivity index (χ1n) is 9.42. The number of benzene rings is 3. The molecule has 0 aromatic heterocycles. The quantitative estimate of drug-likeness (QED) is 0.353. The Balaban J connectivity index is 1.96. The van der Waals surface area contributed by atoms with E-state index in [1.807, 2.05) is 6.92 Å². The summed E-state index contributed by atoms with van der Waals surface area (Å²) in [5, 5.41) is 0. The van der Waals surface area contributed by atoms with Gasteiger partial charge < -0.3 is 0 Å². The molecule has 0 fully saturated rings. The Hall–Kier alpha value is -3.09. The average molecular weight is 438 g/mol. The van der Waals surface area contributed by atoms with Crippen LogP contribution in [-0.4, -0.2) is 6.18 Å². The second-order valence-electron chi connectivity index (χ2n) is 6.99. The Morgan fingerprint density at radius 3 is 1.81 bits per heavy atom. The van der Waals surface area contributed by atoms with E-state index in [9.17, 15) is 30.7 Å². The van der Waals surface area contributed by atoms with Crippen LogP contribution < -0.4 is 0 Å². The molecule has 7 heteroatoms. The van der Waals surface area contributed by atoms with Crippen LogP contribution in [-0.2, 0) is 6.42 Å². The predicted octanol–water partition coefficient (Wildman–Crippen LogP) is 8.11. The standard InChI is InChI=1S/C24H17F7/c1-2-3-14-4-6-17(20(25)10-14)15-5-7-18(21(26)11-15)16-12-22(27)19(23(28)13-16)8-9-24(29,30)31/h4-13H,2-3H2,1H3. The third-order valence-corrected chi connectivity index (χ3v) is 4.68. The molecule has 0 aliphatic carbocycles. The first kappa shape index (κ1) is 22.6. The molecule has 162 valence electrons. The maximum atomic E-state index is 14.7. The summed E-state index contributed by atoms with van der Waals surface area (Å²) in [6, 6.07) is 9.84. The molecule has 0 N–H and O–H groups in total. The highest BCUT2D eigenvalue weighted by Gasteiger charge is 2.23. The summed E-state index contributed by atoms with van der Waals surface area (Å²) in [7, 11) is 0. The molecule has 0 bridgehead atoms. The molecule has 0 heterocycles. The number of hydrogen-bond acceptors (Lipinski definition) is 0. The lowest BCUT2D eigenvalue weighted by Gasteiger charge is -2.10. The summed E-state index contributed by atoms with van der Waals surface area (Å²) >= 11 is 0. The smallest absolute Gasteiger partial charge is 0.206 e. The number of alkyl halides is 3. The van der Waals surface area contributed by atoms with Gasteiger partial charge in [-0.1, -0.05) is 37.6 Å². The van der Waals surface area contributed by atoms with Crippen molar-refractivity contribution in [2.24, 2.45) is 0 Å². The van der Waals surface area contributed by atoms with Crippen molar-refractivity contribution in [3.05, 3.63) is 89.0 Å². The van der Waals surface area contributed by atoms with Crippen molar-refractivity contribution in [3.63, 3.8) is 0 Å². The number of allylic oxidation sites excluding steroid dienone is 1. The second-order valence-corrected chi connectivity index (χ2v) is 6.99. The second kappa shape index (κ2) is 8.96. The monoisotopic (exact) mass is 438 g/mol. The highest BCUT2D eigenvalue weighted by atomic mass is 19.4. The molecule has 0 spiro atoms. The number of hydrogen-bond donors (Lipinski definition) is 0. The molecule has 0 nitrogen and oxygen atoms in total. The van der Waals surface area contributed by atoms with E-state index in [2.05, 4.69) is 0 Å². The van der Waals surface area contributed by atoms with E-state index < -0.39 is 35.0 Å². The molecule has 31 heavy (non-hydrogen) atoms. The largest absolute Gasteiger partial charge is 0.409 e. The van der Waals surface area contributed by atoms with Crippen LogP contribution in [0.1, 0.15) is 24.5 Å². The predicted molar refractivity (Wildman–Crippen MR) is 106 cm³/mol. The van der Waals surface area contributed by atoms with Gasteiger partial charge in [-0.2, -0.15) is 13.2 Å². The summed E-state index contributed by atoms with van der Waals surface area (Å²) in [5.74, 6) is -3.91. The number of rotatable bonds is 5. The van der Waals surface area contributed by atoms with E-state index in [0.717, 1.165) is 30.2 Å². The zero-order chi connectivity index (χ0) is 22.8. The lowest BCUT2D eigenvalue weighted by Crippen LogP contribution is -2.01. The Bertz CT molecular complexity index is 1100. The van der Waals surface area contributed by atoms with Crippen molar-refractivity contribution in [3.8, 4) is 22.3 Å². The van der Waals surface area contributed by atoms with Crippen LogP contribution in [0.3, 0.4) is 0 Å². The highest BCUT2D eigenvalue weighted by molar-refractivity contribution is 5.72. The Morgan fingerprint density at radius 2 is 1.26 bits per heavy atom. The van der Waals surface area contributed by atoms with Crippen molar-refractivity contribution in [1.82, 2.24) is 0 Å². The van der Waals surface area contributed by atoms with Crippen LogP contribution in [0.5, 0.6) is 0 Å². The van der Waals surface area contributed by atoms with E-state index in [1.54, 1.807) is 6.07 Å². The number of aryl methyl sites for hydroxylation is 1. The van der Waals surface area contributed by atoms with Crippen LogP contribution in [0.15, 0.2) is 54.6 Å². The van der Waals surface area contributed by atoms with Crippen LogP contribution in [0.2, 0.25) is 0 Å². The molecule has 3 aromatic carbocycles. The molecule has 3 rings (SSSR count). The minimum Gasteiger partial charge on any atom is -0.206 e. The van der Waals surface area contributed by atoms with Crippen LogP contribution in [0.4, 0.5) is 30.7 Å². The van der Waals surface area contributed by atoms with Crippen LogP contribution >= 0.6 is 0 Å². The van der Waals surface area contributed by atoms with Crippen LogP contribution in [0, 0.1) is 23.3 Å². The van der Waals surface area contributed by atoms with Gasteiger partial charge in [0, 0.05) is 22.8 Å². The lowest BCUT2D eigenvalue weighted by molar-refractivity contribution is -0.0790. The molecule has 0 unspecified atom stereocenters. The zero-order valence-corrected chi connectivity index (χ0v) is 16.3. The molecule has 0 aliphatic heterocycles. The fourth-order valence-electron chi connectivity index (χ4n) is 3.23. The summed E-state index contributed by atoms with van der Waals surface area (Å²) in [5.41, 5.74) is -0.0144. The van der Waals surface area contributed by atoms with E-state index in [0.29, 0.717) is 6.42 Å². The molecule has 0 saturated heterocycles. The maximum absolute atomic E-state index is 14.7. The Labute approximate surface area is 174 Å². The normalized spacial score (nSPS) is 12.0. The van der Waals surface area contributed by atoms with E-state index in [1.165, 1.54) is 24.3 Å². The van der Waals surface area contributed by atoms with Crippen molar-refractivity contribution in [2.75, 3.05) is 0 Å². The maximum Gasteiger partial charge on any atom is 0.409 e. The van der Waals surface area contributed by atoms with Gasteiger partial charge in [0.05, 0.1) is 0 Å². The first-order chi connectivity index (χ1) is 14.6. The summed E-state index contributed by atoms with van der Waals surface area (Å²) in [6.07, 6.45) is -3.19. The topological polar surface area (TPSA) is 0 Å². The summed E-state index contributed by atoms with van der Waals surface area (Å²) < 4.78 is 94.2. The van der Waals surface area contributed by atoms with Gasteiger partial charge in [-0.15, -0.1) is 0 Å². The minimum atomic E-state index is -4.73. The molecular weight excluding hydrogens is 421 g/mol.